The molecule has 0 saturated heterocycles. The second-order valence-corrected chi connectivity index (χ2v) is 5.88. The lowest BCUT2D eigenvalue weighted by molar-refractivity contribution is 0.0240. The number of alkyl halides is 1. The molecule has 0 radical (unpaired) electrons. The van der Waals surface area contributed by atoms with Gasteiger partial charge < -0.3 is 14.2 Å². The monoisotopic (exact) mass is 310 g/mol. The zero-order chi connectivity index (χ0) is 12.9. The summed E-state index contributed by atoms with van der Waals surface area (Å²) in [4.78, 5) is 0.629. The fraction of sp³-hybridized carbons (Fsp3) is 1.00. The molecule has 0 aliphatic heterocycles. The lowest BCUT2D eigenvalue weighted by Gasteiger charge is -2.12. The summed E-state index contributed by atoms with van der Waals surface area (Å²) in [7, 11) is 1.67. The van der Waals surface area contributed by atoms with Crippen molar-refractivity contribution in [3.05, 3.63) is 0 Å². The van der Waals surface area contributed by atoms with E-state index in [1.165, 1.54) is 12.8 Å². The molecular formula is C13H27BrO3. The van der Waals surface area contributed by atoms with Gasteiger partial charge in [0.1, 0.15) is 0 Å². The van der Waals surface area contributed by atoms with Crippen LogP contribution in [-0.4, -0.2) is 45.0 Å². The largest absolute Gasteiger partial charge is 0.382 e. The van der Waals surface area contributed by atoms with Crippen LogP contribution in [0, 0.1) is 5.92 Å². The second kappa shape index (κ2) is 12.8. The molecule has 0 fully saturated rings. The normalized spacial score (nSPS) is 13.2. The number of hydrogen-bond acceptors (Lipinski definition) is 3. The molecule has 0 aromatic rings. The number of hydrogen-bond donors (Lipinski definition) is 0. The number of ether oxygens (including phenoxy) is 3. The Kier molecular flexibility index (Phi) is 13.1. The van der Waals surface area contributed by atoms with Crippen LogP contribution in [0.25, 0.3) is 0 Å². The van der Waals surface area contributed by atoms with Crippen molar-refractivity contribution in [3.8, 4) is 0 Å². The minimum atomic E-state index is 0.629. The van der Waals surface area contributed by atoms with E-state index in [2.05, 4.69) is 29.8 Å². The standard InChI is InChI=1S/C13H27BrO3/c1-12(2)11-13(14)5-4-6-16-9-10-17-8-7-15-3/h12-13H,4-11H2,1-3H3. The van der Waals surface area contributed by atoms with Gasteiger partial charge in [-0.05, 0) is 25.2 Å². The summed E-state index contributed by atoms with van der Waals surface area (Å²) in [5, 5.41) is 0. The molecule has 1 atom stereocenters. The maximum absolute atomic E-state index is 5.48. The number of halogens is 1. The van der Waals surface area contributed by atoms with E-state index in [1.54, 1.807) is 7.11 Å². The highest BCUT2D eigenvalue weighted by atomic mass is 79.9. The predicted octanol–water partition coefficient (Wildman–Crippen LogP) is 3.26. The maximum Gasteiger partial charge on any atom is 0.0701 e. The number of methoxy groups -OCH3 is 1. The van der Waals surface area contributed by atoms with Gasteiger partial charge in [0.15, 0.2) is 0 Å². The van der Waals surface area contributed by atoms with Crippen LogP contribution in [0.4, 0.5) is 0 Å². The average molecular weight is 311 g/mol. The first-order chi connectivity index (χ1) is 8.16. The van der Waals surface area contributed by atoms with Gasteiger partial charge in [0.2, 0.25) is 0 Å². The Labute approximate surface area is 114 Å². The molecule has 0 aliphatic rings. The van der Waals surface area contributed by atoms with E-state index >= 15 is 0 Å². The molecule has 17 heavy (non-hydrogen) atoms. The summed E-state index contributed by atoms with van der Waals surface area (Å²) >= 11 is 3.70. The minimum Gasteiger partial charge on any atom is -0.382 e. The smallest absolute Gasteiger partial charge is 0.0701 e. The second-order valence-electron chi connectivity index (χ2n) is 4.59. The molecule has 0 aliphatic carbocycles. The van der Waals surface area contributed by atoms with Crippen LogP contribution in [0.1, 0.15) is 33.1 Å². The Bertz CT molecular complexity index is 154. The first-order valence-corrected chi connectivity index (χ1v) is 7.36. The molecule has 0 rings (SSSR count). The Morgan fingerprint density at radius 1 is 0.941 bits per heavy atom. The molecule has 0 heterocycles. The van der Waals surface area contributed by atoms with Crippen molar-refractivity contribution in [2.75, 3.05) is 40.1 Å². The van der Waals surface area contributed by atoms with Crippen molar-refractivity contribution in [3.63, 3.8) is 0 Å². The fourth-order valence-electron chi connectivity index (χ4n) is 1.50. The molecule has 1 unspecified atom stereocenters. The highest BCUT2D eigenvalue weighted by Crippen LogP contribution is 2.17. The first kappa shape index (κ1) is 17.4. The van der Waals surface area contributed by atoms with Gasteiger partial charge in [-0.3, -0.25) is 0 Å². The summed E-state index contributed by atoms with van der Waals surface area (Å²) < 4.78 is 15.7. The molecule has 0 amide bonds. The van der Waals surface area contributed by atoms with Crippen LogP contribution in [-0.2, 0) is 14.2 Å². The van der Waals surface area contributed by atoms with Gasteiger partial charge >= 0.3 is 0 Å². The molecule has 0 spiro atoms. The van der Waals surface area contributed by atoms with E-state index in [9.17, 15) is 0 Å². The summed E-state index contributed by atoms with van der Waals surface area (Å²) in [6, 6.07) is 0. The highest BCUT2D eigenvalue weighted by molar-refractivity contribution is 9.09. The summed E-state index contributed by atoms with van der Waals surface area (Å²) in [6.07, 6.45) is 3.53. The van der Waals surface area contributed by atoms with Gasteiger partial charge in [-0.15, -0.1) is 0 Å². The molecular weight excluding hydrogens is 284 g/mol. The van der Waals surface area contributed by atoms with Crippen molar-refractivity contribution in [2.45, 2.75) is 37.9 Å². The molecule has 0 bridgehead atoms. The first-order valence-electron chi connectivity index (χ1n) is 6.45. The third kappa shape index (κ3) is 14.3. The molecule has 0 aromatic carbocycles. The van der Waals surface area contributed by atoms with Gasteiger partial charge in [0.25, 0.3) is 0 Å². The predicted molar refractivity (Wildman–Crippen MR) is 74.9 cm³/mol. The number of rotatable bonds is 12. The van der Waals surface area contributed by atoms with E-state index in [4.69, 9.17) is 14.2 Å². The zero-order valence-corrected chi connectivity index (χ0v) is 13.0. The van der Waals surface area contributed by atoms with E-state index in [-0.39, 0.29) is 0 Å². The van der Waals surface area contributed by atoms with Crippen molar-refractivity contribution in [2.24, 2.45) is 5.92 Å². The van der Waals surface area contributed by atoms with Crippen LogP contribution >= 0.6 is 15.9 Å². The third-order valence-electron chi connectivity index (χ3n) is 2.34. The fourth-order valence-corrected chi connectivity index (χ4v) is 2.57. The van der Waals surface area contributed by atoms with Crippen LogP contribution in [0.3, 0.4) is 0 Å². The van der Waals surface area contributed by atoms with E-state index in [1.807, 2.05) is 0 Å². The molecule has 3 nitrogen and oxygen atoms in total. The van der Waals surface area contributed by atoms with E-state index in [0.29, 0.717) is 31.3 Å². The van der Waals surface area contributed by atoms with Crippen molar-refractivity contribution in [1.29, 1.82) is 0 Å². The molecule has 4 heteroatoms. The summed E-state index contributed by atoms with van der Waals surface area (Å²) in [5.74, 6) is 0.759. The Hall–Kier alpha value is 0.360. The molecule has 0 aromatic heterocycles. The van der Waals surface area contributed by atoms with Gasteiger partial charge in [0.05, 0.1) is 26.4 Å². The SMILES string of the molecule is COCCOCCOCCCC(Br)CC(C)C. The Morgan fingerprint density at radius 2 is 1.53 bits per heavy atom. The Balaban J connectivity index is 3.07. The van der Waals surface area contributed by atoms with Gasteiger partial charge in [0, 0.05) is 18.5 Å². The van der Waals surface area contributed by atoms with Gasteiger partial charge in [-0.25, -0.2) is 0 Å². The maximum atomic E-state index is 5.48. The van der Waals surface area contributed by atoms with E-state index in [0.717, 1.165) is 18.9 Å². The minimum absolute atomic E-state index is 0.629. The van der Waals surface area contributed by atoms with E-state index < -0.39 is 0 Å². The van der Waals surface area contributed by atoms with Gasteiger partial charge in [-0.1, -0.05) is 29.8 Å². The topological polar surface area (TPSA) is 27.7 Å². The average Bonchev–Trinajstić information content (AvgIpc) is 2.26. The Morgan fingerprint density at radius 3 is 2.12 bits per heavy atom. The lowest BCUT2D eigenvalue weighted by atomic mass is 10.1. The molecule has 0 saturated carbocycles. The summed E-state index contributed by atoms with van der Waals surface area (Å²) in [5.41, 5.74) is 0. The quantitative estimate of drug-likeness (QED) is 0.409. The van der Waals surface area contributed by atoms with Crippen LogP contribution in [0.2, 0.25) is 0 Å². The van der Waals surface area contributed by atoms with Crippen LogP contribution in [0.5, 0.6) is 0 Å². The van der Waals surface area contributed by atoms with Crippen molar-refractivity contribution in [1.82, 2.24) is 0 Å². The highest BCUT2D eigenvalue weighted by Gasteiger charge is 2.06. The van der Waals surface area contributed by atoms with Crippen LogP contribution < -0.4 is 0 Å². The summed E-state index contributed by atoms with van der Waals surface area (Å²) in [6.45, 7) is 7.98. The molecule has 0 N–H and O–H groups in total. The third-order valence-corrected chi connectivity index (χ3v) is 3.17. The zero-order valence-electron chi connectivity index (χ0n) is 11.4. The molecule has 104 valence electrons. The lowest BCUT2D eigenvalue weighted by Crippen LogP contribution is -2.10. The van der Waals surface area contributed by atoms with Crippen molar-refractivity contribution < 1.29 is 14.2 Å². The van der Waals surface area contributed by atoms with Crippen LogP contribution in [0.15, 0.2) is 0 Å². The van der Waals surface area contributed by atoms with Gasteiger partial charge in [-0.2, -0.15) is 0 Å². The van der Waals surface area contributed by atoms with Crippen molar-refractivity contribution >= 4 is 15.9 Å².